The van der Waals surface area contributed by atoms with Crippen LogP contribution in [0.4, 0.5) is 5.82 Å². The highest BCUT2D eigenvalue weighted by molar-refractivity contribution is 9.10. The normalized spacial score (nSPS) is 10.3. The Hall–Kier alpha value is -2.88. The van der Waals surface area contributed by atoms with Crippen LogP contribution in [0, 0.1) is 0 Å². The molecule has 0 aliphatic carbocycles. The van der Waals surface area contributed by atoms with Crippen molar-refractivity contribution < 1.29 is 19.1 Å². The van der Waals surface area contributed by atoms with Gasteiger partial charge in [0.25, 0.3) is 11.5 Å². The first-order chi connectivity index (χ1) is 12.3. The van der Waals surface area contributed by atoms with Crippen LogP contribution in [0.15, 0.2) is 44.4 Å². The fourth-order valence-corrected chi connectivity index (χ4v) is 2.16. The van der Waals surface area contributed by atoms with E-state index < -0.39 is 29.7 Å². The molecule has 0 radical (unpaired) electrons. The van der Waals surface area contributed by atoms with Crippen molar-refractivity contribution in [1.29, 1.82) is 0 Å². The minimum atomic E-state index is -0.735. The molecule has 138 valence electrons. The number of carbonyl (C=O) groups excluding carboxylic acids is 2. The van der Waals surface area contributed by atoms with Gasteiger partial charge in [-0.3, -0.25) is 18.7 Å². The van der Waals surface area contributed by atoms with Crippen LogP contribution in [0.25, 0.3) is 0 Å². The highest BCUT2D eigenvalue weighted by Crippen LogP contribution is 2.15. The molecule has 1 aromatic carbocycles. The molecule has 26 heavy (non-hydrogen) atoms. The first-order valence-corrected chi connectivity index (χ1v) is 8.18. The molecule has 1 aromatic heterocycles. The van der Waals surface area contributed by atoms with Crippen molar-refractivity contribution >= 4 is 33.6 Å². The monoisotopic (exact) mass is 425 g/mol. The third kappa shape index (κ3) is 5.06. The van der Waals surface area contributed by atoms with Gasteiger partial charge in [-0.25, -0.2) is 9.59 Å². The van der Waals surface area contributed by atoms with Gasteiger partial charge in [0.05, 0.1) is 0 Å². The average molecular weight is 426 g/mol. The molecule has 0 aliphatic heterocycles. The van der Waals surface area contributed by atoms with E-state index in [2.05, 4.69) is 21.2 Å². The summed E-state index contributed by atoms with van der Waals surface area (Å²) in [6.45, 7) is -0.939. The zero-order valence-electron chi connectivity index (χ0n) is 14.0. The summed E-state index contributed by atoms with van der Waals surface area (Å²) >= 11 is 3.28. The molecule has 0 fully saturated rings. The Morgan fingerprint density at radius 3 is 2.38 bits per heavy atom. The van der Waals surface area contributed by atoms with E-state index in [0.29, 0.717) is 5.75 Å². The molecule has 9 nitrogen and oxygen atoms in total. The highest BCUT2D eigenvalue weighted by Gasteiger charge is 2.12. The molecular weight excluding hydrogens is 410 g/mol. The molecule has 2 rings (SSSR count). The summed E-state index contributed by atoms with van der Waals surface area (Å²) in [5, 5.41) is 2.34. The molecule has 0 spiro atoms. The van der Waals surface area contributed by atoms with Gasteiger partial charge < -0.3 is 14.8 Å². The Bertz CT molecular complexity index is 932. The predicted octanol–water partition coefficient (Wildman–Crippen LogP) is 0.407. The lowest BCUT2D eigenvalue weighted by Gasteiger charge is -2.11. The second-order valence-corrected chi connectivity index (χ2v) is 6.14. The van der Waals surface area contributed by atoms with Gasteiger partial charge in [-0.15, -0.1) is 0 Å². The van der Waals surface area contributed by atoms with Crippen molar-refractivity contribution in [3.63, 3.8) is 0 Å². The molecule has 0 saturated heterocycles. The van der Waals surface area contributed by atoms with E-state index in [1.54, 1.807) is 24.3 Å². The van der Waals surface area contributed by atoms with Crippen LogP contribution in [0.2, 0.25) is 0 Å². The predicted molar refractivity (Wildman–Crippen MR) is 96.1 cm³/mol. The summed E-state index contributed by atoms with van der Waals surface area (Å²) in [6, 6.07) is 7.93. The van der Waals surface area contributed by atoms with Crippen LogP contribution >= 0.6 is 15.9 Å². The molecule has 0 unspecified atom stereocenters. The summed E-state index contributed by atoms with van der Waals surface area (Å²) in [6.07, 6.45) is 0. The number of ether oxygens (including phenoxy) is 2. The van der Waals surface area contributed by atoms with Crippen molar-refractivity contribution in [1.82, 2.24) is 9.13 Å². The summed E-state index contributed by atoms with van der Waals surface area (Å²) in [4.78, 5) is 46.8. The van der Waals surface area contributed by atoms with Gasteiger partial charge in [-0.2, -0.15) is 0 Å². The van der Waals surface area contributed by atoms with Gasteiger partial charge >= 0.3 is 11.7 Å². The summed E-state index contributed by atoms with van der Waals surface area (Å²) < 4.78 is 12.9. The van der Waals surface area contributed by atoms with E-state index in [-0.39, 0.29) is 12.4 Å². The summed E-state index contributed by atoms with van der Waals surface area (Å²) in [7, 11) is 2.72. The van der Waals surface area contributed by atoms with E-state index in [9.17, 15) is 19.2 Å². The number of nitrogens with zero attached hydrogens (tertiary/aromatic N) is 2. The maximum Gasteiger partial charge on any atom is 0.344 e. The number of amides is 1. The molecule has 0 bridgehead atoms. The number of hydrogen-bond acceptors (Lipinski definition) is 6. The van der Waals surface area contributed by atoms with E-state index in [1.165, 1.54) is 14.1 Å². The quantitative estimate of drug-likeness (QED) is 0.671. The fourth-order valence-electron chi connectivity index (χ4n) is 1.89. The third-order valence-corrected chi connectivity index (χ3v) is 3.86. The molecule has 10 heteroatoms. The minimum absolute atomic E-state index is 0.00487. The van der Waals surface area contributed by atoms with E-state index >= 15 is 0 Å². The molecule has 2 aromatic rings. The number of carbonyl (C=O) groups is 2. The number of esters is 1. The topological polar surface area (TPSA) is 109 Å². The second kappa shape index (κ2) is 8.48. The molecule has 1 heterocycles. The first kappa shape index (κ1) is 19.4. The molecule has 0 saturated carbocycles. The zero-order valence-corrected chi connectivity index (χ0v) is 15.6. The minimum Gasteiger partial charge on any atom is -0.482 e. The van der Waals surface area contributed by atoms with Gasteiger partial charge in [0.2, 0.25) is 0 Å². The standard InChI is InChI=1S/C16H16BrN3O6/c1-19-12(7-14(22)20(2)16(19)24)18-13(21)8-26-15(23)9-25-11-5-3-10(17)4-6-11/h3-7H,8-9H2,1-2H3,(H,18,21). The number of halogens is 1. The summed E-state index contributed by atoms with van der Waals surface area (Å²) in [5.74, 6) is -0.943. The van der Waals surface area contributed by atoms with E-state index in [4.69, 9.17) is 9.47 Å². The molecular formula is C16H16BrN3O6. The Morgan fingerprint density at radius 2 is 1.73 bits per heavy atom. The van der Waals surface area contributed by atoms with E-state index in [1.807, 2.05) is 0 Å². The van der Waals surface area contributed by atoms with Crippen LogP contribution in [0.1, 0.15) is 0 Å². The number of nitrogens with one attached hydrogen (secondary N) is 1. The number of anilines is 1. The Morgan fingerprint density at radius 1 is 1.08 bits per heavy atom. The van der Waals surface area contributed by atoms with Gasteiger partial charge in [0.1, 0.15) is 11.6 Å². The molecule has 0 aliphatic rings. The van der Waals surface area contributed by atoms with E-state index in [0.717, 1.165) is 19.7 Å². The number of hydrogen-bond donors (Lipinski definition) is 1. The first-order valence-electron chi connectivity index (χ1n) is 7.39. The number of rotatable bonds is 6. The van der Waals surface area contributed by atoms with Gasteiger partial charge in [-0.1, -0.05) is 15.9 Å². The van der Waals surface area contributed by atoms with Crippen molar-refractivity contribution in [2.45, 2.75) is 0 Å². The van der Waals surface area contributed by atoms with Gasteiger partial charge in [-0.05, 0) is 24.3 Å². The Labute approximate surface area is 156 Å². The summed E-state index contributed by atoms with van der Waals surface area (Å²) in [5.41, 5.74) is -1.16. The average Bonchev–Trinajstić information content (AvgIpc) is 2.62. The van der Waals surface area contributed by atoms with Crippen molar-refractivity contribution in [3.05, 3.63) is 55.6 Å². The van der Waals surface area contributed by atoms with Crippen LogP contribution in [-0.4, -0.2) is 34.2 Å². The Kier molecular flexibility index (Phi) is 6.34. The highest BCUT2D eigenvalue weighted by atomic mass is 79.9. The second-order valence-electron chi connectivity index (χ2n) is 5.22. The molecule has 0 atom stereocenters. The van der Waals surface area contributed by atoms with Crippen LogP contribution < -0.4 is 21.3 Å². The zero-order chi connectivity index (χ0) is 19.3. The number of benzene rings is 1. The largest absolute Gasteiger partial charge is 0.482 e. The SMILES string of the molecule is Cn1c(NC(=O)COC(=O)COc2ccc(Br)cc2)cc(=O)n(C)c1=O. The van der Waals surface area contributed by atoms with Gasteiger partial charge in [0, 0.05) is 24.6 Å². The van der Waals surface area contributed by atoms with Crippen LogP contribution in [0.5, 0.6) is 5.75 Å². The van der Waals surface area contributed by atoms with Crippen molar-refractivity contribution in [3.8, 4) is 5.75 Å². The van der Waals surface area contributed by atoms with Crippen LogP contribution in [0.3, 0.4) is 0 Å². The Balaban J connectivity index is 1.85. The van der Waals surface area contributed by atoms with Crippen molar-refractivity contribution in [2.75, 3.05) is 18.5 Å². The smallest absolute Gasteiger partial charge is 0.344 e. The lowest BCUT2D eigenvalue weighted by Crippen LogP contribution is -2.38. The third-order valence-electron chi connectivity index (χ3n) is 3.33. The molecule has 1 N–H and O–H groups in total. The van der Waals surface area contributed by atoms with Crippen molar-refractivity contribution in [2.24, 2.45) is 14.1 Å². The lowest BCUT2D eigenvalue weighted by atomic mass is 10.3. The molecule has 1 amide bonds. The number of aromatic nitrogens is 2. The lowest BCUT2D eigenvalue weighted by molar-refractivity contribution is -0.149. The van der Waals surface area contributed by atoms with Crippen LogP contribution in [-0.2, 0) is 28.4 Å². The maximum atomic E-state index is 11.8. The van der Waals surface area contributed by atoms with Gasteiger partial charge in [0.15, 0.2) is 13.2 Å². The maximum absolute atomic E-state index is 11.8. The fraction of sp³-hybridized carbons (Fsp3) is 0.250.